The van der Waals surface area contributed by atoms with E-state index in [2.05, 4.69) is 30.4 Å². The molecule has 40 heavy (non-hydrogen) atoms. The Morgan fingerprint density at radius 1 is 1.07 bits per heavy atom. The lowest BCUT2D eigenvalue weighted by atomic mass is 10.2. The van der Waals surface area contributed by atoms with Crippen LogP contribution in [0.2, 0.25) is 0 Å². The molecule has 2 aliphatic rings. The Hall–Kier alpha value is -4.30. The molecule has 2 fully saturated rings. The minimum atomic E-state index is -1.09. The summed E-state index contributed by atoms with van der Waals surface area (Å²) in [5.41, 5.74) is 7.93. The van der Waals surface area contributed by atoms with Gasteiger partial charge in [-0.05, 0) is 24.3 Å². The number of nitrogens with zero attached hydrogens (tertiary/aromatic N) is 8. The molecule has 5 aromatic rings. The fourth-order valence-corrected chi connectivity index (χ4v) is 5.31. The molecule has 0 radical (unpaired) electrons. The van der Waals surface area contributed by atoms with Crippen LogP contribution in [0.3, 0.4) is 0 Å². The molecular weight excluding hydrogens is 522 g/mol. The molecule has 3 N–H and O–H groups in total. The van der Waals surface area contributed by atoms with Crippen LogP contribution in [0, 0.1) is 5.82 Å². The van der Waals surface area contributed by atoms with Crippen molar-refractivity contribution in [3.8, 4) is 17.3 Å². The molecule has 12 nitrogen and oxygen atoms in total. The van der Waals surface area contributed by atoms with Gasteiger partial charge in [0, 0.05) is 51.9 Å². The second kappa shape index (κ2) is 10.0. The van der Waals surface area contributed by atoms with Crippen LogP contribution in [0.25, 0.3) is 28.3 Å². The highest BCUT2D eigenvalue weighted by Crippen LogP contribution is 2.27. The van der Waals surface area contributed by atoms with Gasteiger partial charge in [0.1, 0.15) is 17.7 Å². The molecule has 7 rings (SSSR count). The lowest BCUT2D eigenvalue weighted by Crippen LogP contribution is -2.47. The average molecular weight is 551 g/mol. The van der Waals surface area contributed by atoms with E-state index in [4.69, 9.17) is 14.9 Å². The van der Waals surface area contributed by atoms with Crippen molar-refractivity contribution in [3.63, 3.8) is 0 Å². The maximum Gasteiger partial charge on any atom is 0.225 e. The lowest BCUT2D eigenvalue weighted by molar-refractivity contribution is 0.139. The Kier molecular flexibility index (Phi) is 6.20. The van der Waals surface area contributed by atoms with Gasteiger partial charge in [0.25, 0.3) is 0 Å². The first-order valence-corrected chi connectivity index (χ1v) is 13.2. The fourth-order valence-electron chi connectivity index (χ4n) is 5.31. The number of benzene rings is 1. The second-order valence-corrected chi connectivity index (χ2v) is 10.00. The first-order chi connectivity index (χ1) is 19.5. The van der Waals surface area contributed by atoms with Gasteiger partial charge >= 0.3 is 0 Å². The average Bonchev–Trinajstić information content (AvgIpc) is 3.76. The van der Waals surface area contributed by atoms with E-state index in [1.54, 1.807) is 36.7 Å². The summed E-state index contributed by atoms with van der Waals surface area (Å²) in [4.78, 5) is 13.5. The maximum atomic E-state index is 14.9. The zero-order valence-electron chi connectivity index (χ0n) is 21.6. The molecule has 208 valence electrons. The number of fused-ring (bicyclic) bond motifs is 3. The molecule has 4 aromatic heterocycles. The van der Waals surface area contributed by atoms with Crippen molar-refractivity contribution in [3.05, 3.63) is 48.6 Å². The topological polar surface area (TPSA) is 128 Å². The number of nitrogen functional groups attached to an aromatic ring is 1. The number of aromatic nitrogens is 6. The van der Waals surface area contributed by atoms with E-state index < -0.39 is 12.3 Å². The number of anilines is 2. The predicted molar refractivity (Wildman–Crippen MR) is 143 cm³/mol. The van der Waals surface area contributed by atoms with E-state index in [1.165, 1.54) is 10.6 Å². The van der Waals surface area contributed by atoms with Gasteiger partial charge in [0.15, 0.2) is 23.2 Å². The van der Waals surface area contributed by atoms with Crippen LogP contribution >= 0.6 is 0 Å². The van der Waals surface area contributed by atoms with Gasteiger partial charge in [-0.3, -0.25) is 4.90 Å². The van der Waals surface area contributed by atoms with Gasteiger partial charge in [-0.15, -0.1) is 5.10 Å². The molecule has 2 saturated heterocycles. The summed E-state index contributed by atoms with van der Waals surface area (Å²) in [6.45, 7) is 4.93. The van der Waals surface area contributed by atoms with E-state index in [9.17, 15) is 8.78 Å². The molecule has 6 heterocycles. The number of halogens is 2. The highest BCUT2D eigenvalue weighted by Gasteiger charge is 2.29. The summed E-state index contributed by atoms with van der Waals surface area (Å²) in [6.07, 6.45) is 1.61. The van der Waals surface area contributed by atoms with Crippen molar-refractivity contribution in [2.24, 2.45) is 0 Å². The molecule has 2 aliphatic heterocycles. The fraction of sp³-hybridized carbons (Fsp3) is 0.385. The van der Waals surface area contributed by atoms with Gasteiger partial charge in [-0.2, -0.15) is 14.6 Å². The highest BCUT2D eigenvalue weighted by atomic mass is 19.1. The number of rotatable bonds is 7. The van der Waals surface area contributed by atoms with Gasteiger partial charge in [0.05, 0.1) is 30.1 Å². The van der Waals surface area contributed by atoms with Crippen molar-refractivity contribution in [1.82, 2.24) is 39.6 Å². The van der Waals surface area contributed by atoms with Crippen LogP contribution < -0.4 is 20.7 Å². The van der Waals surface area contributed by atoms with E-state index in [-0.39, 0.29) is 18.3 Å². The Balaban J connectivity index is 0.990. The first-order valence-electron chi connectivity index (χ1n) is 13.2. The standard InChI is InChI=1S/C26H28F2N10O2/c27-18-12-16(40-22-15-30-14-19(22)28)3-4-20(18)36-8-5-35(6-9-36)7-10-37-24-17(13-31-37)25-32-23(21-2-1-11-39-21)34-38(25)26(29)33-24/h1-4,11-13,19,22,30H,5-10,14-15H2,(H2,29,33)/t19-,22-/m0/s1. The van der Waals surface area contributed by atoms with Crippen LogP contribution in [0.4, 0.5) is 20.4 Å². The molecular formula is C26H28F2N10O2. The Bertz CT molecular complexity index is 1640. The first kappa shape index (κ1) is 24.7. The zero-order valence-corrected chi connectivity index (χ0v) is 21.6. The van der Waals surface area contributed by atoms with Gasteiger partial charge in [-0.1, -0.05) is 0 Å². The van der Waals surface area contributed by atoms with Crippen molar-refractivity contribution < 1.29 is 17.9 Å². The lowest BCUT2D eigenvalue weighted by Gasteiger charge is -2.36. The van der Waals surface area contributed by atoms with E-state index >= 15 is 0 Å². The quantitative estimate of drug-likeness (QED) is 0.310. The Morgan fingerprint density at radius 3 is 2.70 bits per heavy atom. The van der Waals surface area contributed by atoms with Gasteiger partial charge in [0.2, 0.25) is 11.8 Å². The highest BCUT2D eigenvalue weighted by molar-refractivity contribution is 5.90. The number of piperazine rings is 1. The van der Waals surface area contributed by atoms with Crippen molar-refractivity contribution >= 4 is 28.3 Å². The number of alkyl halides is 1. The van der Waals surface area contributed by atoms with E-state index in [1.807, 2.05) is 9.58 Å². The van der Waals surface area contributed by atoms with Crippen molar-refractivity contribution in [2.75, 3.05) is 56.4 Å². The number of nitrogens with two attached hydrogens (primary N) is 1. The number of ether oxygens (including phenoxy) is 1. The molecule has 2 atom stereocenters. The van der Waals surface area contributed by atoms with Crippen molar-refractivity contribution in [2.45, 2.75) is 18.8 Å². The molecule has 0 amide bonds. The number of furan rings is 1. The molecule has 14 heteroatoms. The number of hydrogen-bond donors (Lipinski definition) is 2. The van der Waals surface area contributed by atoms with Crippen LogP contribution in [0.5, 0.6) is 5.75 Å². The molecule has 0 aliphatic carbocycles. The van der Waals surface area contributed by atoms with Crippen LogP contribution in [0.1, 0.15) is 0 Å². The molecule has 0 unspecified atom stereocenters. The Labute approximate surface area is 227 Å². The summed E-state index contributed by atoms with van der Waals surface area (Å²) in [7, 11) is 0. The molecule has 1 aromatic carbocycles. The monoisotopic (exact) mass is 550 g/mol. The van der Waals surface area contributed by atoms with E-state index in [0.717, 1.165) is 25.0 Å². The van der Waals surface area contributed by atoms with Gasteiger partial charge in [-0.25, -0.2) is 18.4 Å². The number of nitrogens with one attached hydrogen (secondary N) is 1. The zero-order chi connectivity index (χ0) is 27.2. The van der Waals surface area contributed by atoms with Gasteiger partial charge < -0.3 is 25.1 Å². The molecule has 0 saturated carbocycles. The largest absolute Gasteiger partial charge is 0.486 e. The van der Waals surface area contributed by atoms with Crippen LogP contribution in [-0.2, 0) is 6.54 Å². The van der Waals surface area contributed by atoms with Crippen LogP contribution in [-0.4, -0.2) is 92.4 Å². The number of hydrogen-bond acceptors (Lipinski definition) is 10. The van der Waals surface area contributed by atoms with Crippen molar-refractivity contribution in [1.29, 1.82) is 0 Å². The third-order valence-electron chi connectivity index (χ3n) is 7.47. The smallest absolute Gasteiger partial charge is 0.225 e. The third kappa shape index (κ3) is 4.48. The Morgan fingerprint density at radius 2 is 1.95 bits per heavy atom. The predicted octanol–water partition coefficient (Wildman–Crippen LogP) is 1.97. The molecule has 0 bridgehead atoms. The molecule has 0 spiro atoms. The minimum Gasteiger partial charge on any atom is -0.486 e. The summed E-state index contributed by atoms with van der Waals surface area (Å²) in [5.74, 6) is 1.16. The maximum absolute atomic E-state index is 14.9. The SMILES string of the molecule is Nc1nc2c(cnn2CCN2CCN(c3ccc(O[C@H]4CNC[C@@H]4F)cc3F)CC2)c2nc(-c3ccco3)nn12. The normalized spacial score (nSPS) is 20.2. The summed E-state index contributed by atoms with van der Waals surface area (Å²) in [6, 6.07) is 8.33. The van der Waals surface area contributed by atoms with E-state index in [0.29, 0.717) is 60.5 Å². The minimum absolute atomic E-state index is 0.214. The third-order valence-corrected chi connectivity index (χ3v) is 7.47. The van der Waals surface area contributed by atoms with Crippen LogP contribution in [0.15, 0.2) is 47.2 Å². The summed E-state index contributed by atoms with van der Waals surface area (Å²) in [5, 5.41) is 12.6. The summed E-state index contributed by atoms with van der Waals surface area (Å²) >= 11 is 0. The second-order valence-electron chi connectivity index (χ2n) is 10.00. The summed E-state index contributed by atoms with van der Waals surface area (Å²) < 4.78 is 43.1.